The molecule has 0 aliphatic carbocycles. The quantitative estimate of drug-likeness (QED) is 0.732. The van der Waals surface area contributed by atoms with Gasteiger partial charge in [0, 0.05) is 0 Å². The molecule has 0 radical (unpaired) electrons. The standard InChI is InChI=1S/C21H21N3O3S/c1-12(20-23-15-8-4-7-11-18(15)28-20)22-19(25)13(2)24-16-9-5-6-10-17(16)27-14(3)21(24)26/h4-14H,1-3H3,(H,22,25). The lowest BCUT2D eigenvalue weighted by Gasteiger charge is -2.36. The molecule has 1 aromatic heterocycles. The largest absolute Gasteiger partial charge is 0.479 e. The zero-order valence-corrected chi connectivity index (χ0v) is 16.7. The number of ether oxygens (including phenoxy) is 1. The Bertz CT molecular complexity index is 1020. The minimum atomic E-state index is -0.670. The van der Waals surface area contributed by atoms with Gasteiger partial charge in [-0.1, -0.05) is 24.3 Å². The highest BCUT2D eigenvalue weighted by molar-refractivity contribution is 7.18. The highest BCUT2D eigenvalue weighted by atomic mass is 32.1. The Morgan fingerprint density at radius 1 is 1.18 bits per heavy atom. The van der Waals surface area contributed by atoms with Crippen LogP contribution in [-0.2, 0) is 9.59 Å². The molecule has 3 unspecified atom stereocenters. The number of carbonyl (C=O) groups excluding carboxylic acids is 2. The van der Waals surface area contributed by atoms with Crippen molar-refractivity contribution in [3.63, 3.8) is 0 Å². The van der Waals surface area contributed by atoms with E-state index in [0.29, 0.717) is 11.4 Å². The maximum atomic E-state index is 12.9. The van der Waals surface area contributed by atoms with Crippen molar-refractivity contribution >= 4 is 39.1 Å². The molecule has 0 fully saturated rings. The zero-order chi connectivity index (χ0) is 19.8. The van der Waals surface area contributed by atoms with E-state index in [1.54, 1.807) is 37.3 Å². The van der Waals surface area contributed by atoms with Gasteiger partial charge in [-0.05, 0) is 45.0 Å². The van der Waals surface area contributed by atoms with E-state index in [1.165, 1.54) is 4.90 Å². The van der Waals surface area contributed by atoms with Crippen LogP contribution >= 0.6 is 11.3 Å². The van der Waals surface area contributed by atoms with E-state index in [9.17, 15) is 9.59 Å². The van der Waals surface area contributed by atoms with Crippen LogP contribution in [0.2, 0.25) is 0 Å². The van der Waals surface area contributed by atoms with Crippen LogP contribution in [0.5, 0.6) is 5.75 Å². The van der Waals surface area contributed by atoms with Gasteiger partial charge < -0.3 is 10.1 Å². The number of para-hydroxylation sites is 3. The number of benzene rings is 2. The molecule has 1 aliphatic heterocycles. The molecule has 0 spiro atoms. The fourth-order valence-electron chi connectivity index (χ4n) is 3.30. The third kappa shape index (κ3) is 3.22. The van der Waals surface area contributed by atoms with Crippen LogP contribution in [0.1, 0.15) is 31.8 Å². The molecule has 7 heteroatoms. The molecular weight excluding hydrogens is 374 g/mol. The van der Waals surface area contributed by atoms with E-state index in [-0.39, 0.29) is 17.9 Å². The number of amides is 2. The Labute approximate surface area is 167 Å². The summed E-state index contributed by atoms with van der Waals surface area (Å²) in [6.07, 6.45) is -0.633. The van der Waals surface area contributed by atoms with Crippen LogP contribution < -0.4 is 15.0 Å². The Kier molecular flexibility index (Phi) is 4.77. The maximum absolute atomic E-state index is 12.9. The van der Waals surface area contributed by atoms with Crippen molar-refractivity contribution in [2.45, 2.75) is 39.0 Å². The molecule has 4 rings (SSSR count). The predicted molar refractivity (Wildman–Crippen MR) is 110 cm³/mol. The van der Waals surface area contributed by atoms with Crippen molar-refractivity contribution in [2.75, 3.05) is 4.90 Å². The minimum Gasteiger partial charge on any atom is -0.479 e. The molecule has 0 saturated carbocycles. The lowest BCUT2D eigenvalue weighted by Crippen LogP contribution is -2.54. The molecule has 0 bridgehead atoms. The second-order valence-corrected chi connectivity index (χ2v) is 7.92. The number of fused-ring (bicyclic) bond motifs is 2. The van der Waals surface area contributed by atoms with Crippen LogP contribution in [0.15, 0.2) is 48.5 Å². The number of nitrogens with one attached hydrogen (secondary N) is 1. The summed E-state index contributed by atoms with van der Waals surface area (Å²) < 4.78 is 6.74. The second-order valence-electron chi connectivity index (χ2n) is 6.86. The molecule has 3 aromatic rings. The number of nitrogens with zero attached hydrogens (tertiary/aromatic N) is 2. The summed E-state index contributed by atoms with van der Waals surface area (Å²) in [6, 6.07) is 14.2. The Morgan fingerprint density at radius 2 is 1.89 bits per heavy atom. The van der Waals surface area contributed by atoms with Gasteiger partial charge in [0.25, 0.3) is 5.91 Å². The summed E-state index contributed by atoms with van der Waals surface area (Å²) in [7, 11) is 0. The third-order valence-electron chi connectivity index (χ3n) is 4.82. The average Bonchev–Trinajstić information content (AvgIpc) is 3.13. The molecule has 2 heterocycles. The molecule has 1 aliphatic rings. The van der Waals surface area contributed by atoms with Crippen LogP contribution in [0.25, 0.3) is 10.2 Å². The topological polar surface area (TPSA) is 71.5 Å². The van der Waals surface area contributed by atoms with Gasteiger partial charge >= 0.3 is 0 Å². The van der Waals surface area contributed by atoms with Gasteiger partial charge in [0.05, 0.1) is 21.9 Å². The fraction of sp³-hybridized carbons (Fsp3) is 0.286. The minimum absolute atomic E-state index is 0.228. The normalized spacial score (nSPS) is 18.3. The van der Waals surface area contributed by atoms with E-state index in [0.717, 1.165) is 15.2 Å². The summed E-state index contributed by atoms with van der Waals surface area (Å²) in [5, 5.41) is 3.83. The van der Waals surface area contributed by atoms with Gasteiger partial charge in [-0.15, -0.1) is 11.3 Å². The van der Waals surface area contributed by atoms with E-state index in [2.05, 4.69) is 10.3 Å². The van der Waals surface area contributed by atoms with Crippen LogP contribution in [0.3, 0.4) is 0 Å². The number of hydrogen-bond donors (Lipinski definition) is 1. The monoisotopic (exact) mass is 395 g/mol. The molecule has 0 saturated heterocycles. The molecule has 6 nitrogen and oxygen atoms in total. The van der Waals surface area contributed by atoms with Gasteiger partial charge in [-0.3, -0.25) is 14.5 Å². The Balaban J connectivity index is 1.55. The molecule has 1 N–H and O–H groups in total. The molecule has 3 atom stereocenters. The van der Waals surface area contributed by atoms with Crippen molar-refractivity contribution in [3.8, 4) is 5.75 Å². The first-order chi connectivity index (χ1) is 13.5. The Hall–Kier alpha value is -2.93. The number of carbonyl (C=O) groups is 2. The number of rotatable bonds is 4. The Morgan fingerprint density at radius 3 is 2.68 bits per heavy atom. The first-order valence-electron chi connectivity index (χ1n) is 9.20. The van der Waals surface area contributed by atoms with Crippen LogP contribution in [0.4, 0.5) is 5.69 Å². The number of anilines is 1. The lowest BCUT2D eigenvalue weighted by molar-refractivity contribution is -0.130. The fourth-order valence-corrected chi connectivity index (χ4v) is 4.27. The third-order valence-corrected chi connectivity index (χ3v) is 6.04. The predicted octanol–water partition coefficient (Wildman–Crippen LogP) is 3.68. The molecule has 2 amide bonds. The first-order valence-corrected chi connectivity index (χ1v) is 10.0. The SMILES string of the molecule is CC1Oc2ccccc2N(C(C)C(=O)NC(C)c2nc3ccccc3s2)C1=O. The average molecular weight is 395 g/mol. The molecule has 2 aromatic carbocycles. The van der Waals surface area contributed by atoms with Crippen molar-refractivity contribution in [2.24, 2.45) is 0 Å². The molecule has 144 valence electrons. The van der Waals surface area contributed by atoms with E-state index in [4.69, 9.17) is 4.74 Å². The van der Waals surface area contributed by atoms with E-state index in [1.807, 2.05) is 43.3 Å². The highest BCUT2D eigenvalue weighted by Crippen LogP contribution is 2.35. The summed E-state index contributed by atoms with van der Waals surface area (Å²) in [5.41, 5.74) is 1.53. The van der Waals surface area contributed by atoms with Crippen molar-refractivity contribution in [1.82, 2.24) is 10.3 Å². The van der Waals surface area contributed by atoms with E-state index >= 15 is 0 Å². The summed E-state index contributed by atoms with van der Waals surface area (Å²) in [6.45, 7) is 5.33. The number of thiazole rings is 1. The van der Waals surface area contributed by atoms with Crippen LogP contribution in [-0.4, -0.2) is 28.9 Å². The summed E-state index contributed by atoms with van der Waals surface area (Å²) in [4.78, 5) is 31.8. The first kappa shape index (κ1) is 18.4. The summed E-state index contributed by atoms with van der Waals surface area (Å²) in [5.74, 6) is 0.145. The second kappa shape index (κ2) is 7.24. The zero-order valence-electron chi connectivity index (χ0n) is 15.9. The summed E-state index contributed by atoms with van der Waals surface area (Å²) >= 11 is 1.56. The maximum Gasteiger partial charge on any atom is 0.268 e. The molecule has 28 heavy (non-hydrogen) atoms. The highest BCUT2D eigenvalue weighted by Gasteiger charge is 2.37. The lowest BCUT2D eigenvalue weighted by atomic mass is 10.1. The van der Waals surface area contributed by atoms with Gasteiger partial charge in [-0.25, -0.2) is 4.98 Å². The van der Waals surface area contributed by atoms with Crippen molar-refractivity contribution in [1.29, 1.82) is 0 Å². The van der Waals surface area contributed by atoms with Gasteiger partial charge in [0.2, 0.25) is 5.91 Å². The smallest absolute Gasteiger partial charge is 0.268 e. The van der Waals surface area contributed by atoms with Crippen molar-refractivity contribution in [3.05, 3.63) is 53.5 Å². The van der Waals surface area contributed by atoms with Gasteiger partial charge in [0.15, 0.2) is 6.10 Å². The van der Waals surface area contributed by atoms with E-state index < -0.39 is 12.1 Å². The number of hydrogen-bond acceptors (Lipinski definition) is 5. The number of aromatic nitrogens is 1. The van der Waals surface area contributed by atoms with Crippen molar-refractivity contribution < 1.29 is 14.3 Å². The van der Waals surface area contributed by atoms with Gasteiger partial charge in [-0.2, -0.15) is 0 Å². The van der Waals surface area contributed by atoms with Gasteiger partial charge in [0.1, 0.15) is 16.8 Å². The van der Waals surface area contributed by atoms with Crippen LogP contribution in [0, 0.1) is 0 Å². The molecular formula is C21H21N3O3S.